The summed E-state index contributed by atoms with van der Waals surface area (Å²) in [6, 6.07) is 2.58. The molecule has 0 aliphatic carbocycles. The highest BCUT2D eigenvalue weighted by molar-refractivity contribution is 5.50. The topological polar surface area (TPSA) is 44.3 Å². The van der Waals surface area contributed by atoms with Gasteiger partial charge >= 0.3 is 0 Å². The van der Waals surface area contributed by atoms with Gasteiger partial charge in [-0.25, -0.2) is 9.97 Å². The Morgan fingerprint density at radius 2 is 2.10 bits per heavy atom. The van der Waals surface area contributed by atoms with E-state index < -0.39 is 0 Å². The Balaban J connectivity index is 2.26. The Kier molecular flexibility index (Phi) is 5.39. The highest BCUT2D eigenvalue weighted by Gasteiger charge is 2.23. The van der Waals surface area contributed by atoms with Crippen LogP contribution in [-0.2, 0) is 0 Å². The minimum Gasteiger partial charge on any atom is -0.370 e. The number of anilines is 2. The molecule has 1 N–H and O–H groups in total. The van der Waals surface area contributed by atoms with E-state index in [-0.39, 0.29) is 0 Å². The Morgan fingerprint density at radius 1 is 1.33 bits per heavy atom. The lowest BCUT2D eigenvalue weighted by atomic mass is 10.2. The van der Waals surface area contributed by atoms with Gasteiger partial charge in [-0.05, 0) is 20.4 Å². The van der Waals surface area contributed by atoms with Crippen LogP contribution < -0.4 is 10.2 Å². The van der Waals surface area contributed by atoms with Gasteiger partial charge in [-0.1, -0.05) is 20.8 Å². The molecule has 0 aromatic carbocycles. The van der Waals surface area contributed by atoms with E-state index >= 15 is 0 Å². The van der Waals surface area contributed by atoms with Crippen LogP contribution in [0.5, 0.6) is 0 Å². The lowest BCUT2D eigenvalue weighted by molar-refractivity contribution is 0.274. The monoisotopic (exact) mass is 291 g/mol. The van der Waals surface area contributed by atoms with Crippen molar-refractivity contribution in [2.75, 3.05) is 43.4 Å². The van der Waals surface area contributed by atoms with Crippen molar-refractivity contribution < 1.29 is 0 Å². The lowest BCUT2D eigenvalue weighted by Crippen LogP contribution is -2.50. The van der Waals surface area contributed by atoms with Crippen LogP contribution in [0.2, 0.25) is 0 Å². The minimum atomic E-state index is 0.342. The average molecular weight is 291 g/mol. The van der Waals surface area contributed by atoms with Crippen molar-refractivity contribution in [1.29, 1.82) is 0 Å². The highest BCUT2D eigenvalue weighted by Crippen LogP contribution is 2.23. The van der Waals surface area contributed by atoms with Gasteiger partial charge in [-0.2, -0.15) is 0 Å². The molecule has 0 amide bonds. The first-order chi connectivity index (χ1) is 10.0. The van der Waals surface area contributed by atoms with Crippen LogP contribution in [-0.4, -0.2) is 54.1 Å². The van der Waals surface area contributed by atoms with Crippen LogP contribution in [0.1, 0.15) is 45.9 Å². The maximum Gasteiger partial charge on any atom is 0.135 e. The molecule has 0 spiro atoms. The van der Waals surface area contributed by atoms with Crippen molar-refractivity contribution in [3.8, 4) is 0 Å². The first-order valence-corrected chi connectivity index (χ1v) is 8.09. The van der Waals surface area contributed by atoms with Gasteiger partial charge in [-0.3, -0.25) is 0 Å². The largest absolute Gasteiger partial charge is 0.370 e. The maximum absolute atomic E-state index is 4.80. The van der Waals surface area contributed by atoms with E-state index in [2.05, 4.69) is 60.9 Å². The Hall–Kier alpha value is -1.36. The number of nitrogens with zero attached hydrogens (tertiary/aromatic N) is 4. The van der Waals surface area contributed by atoms with E-state index in [1.165, 1.54) is 0 Å². The van der Waals surface area contributed by atoms with Crippen LogP contribution >= 0.6 is 0 Å². The molecule has 1 aliphatic rings. The Morgan fingerprint density at radius 3 is 2.71 bits per heavy atom. The molecule has 1 unspecified atom stereocenters. The van der Waals surface area contributed by atoms with E-state index in [9.17, 15) is 0 Å². The Bertz CT molecular complexity index is 460. The zero-order valence-electron chi connectivity index (χ0n) is 14.1. The molecule has 1 aromatic rings. The summed E-state index contributed by atoms with van der Waals surface area (Å²) >= 11 is 0. The van der Waals surface area contributed by atoms with Crippen molar-refractivity contribution in [3.05, 3.63) is 11.9 Å². The Labute approximate surface area is 128 Å². The number of nitrogens with one attached hydrogen (secondary N) is 1. The molecule has 0 saturated carbocycles. The molecule has 2 rings (SSSR count). The second kappa shape index (κ2) is 7.07. The highest BCUT2D eigenvalue weighted by atomic mass is 15.3. The SMILES string of the molecule is CCCNc1cc(N2CCN(C)CC2C)nc(C(C)C)n1. The standard InChI is InChI=1S/C16H29N5/c1-6-7-17-14-10-15(19-16(18-14)12(2)3)21-9-8-20(5)11-13(21)4/h10,12-13H,6-9,11H2,1-5H3,(H,17,18,19). The van der Waals surface area contributed by atoms with Crippen molar-refractivity contribution in [2.24, 2.45) is 0 Å². The van der Waals surface area contributed by atoms with Gasteiger partial charge in [0.2, 0.25) is 0 Å². The normalized spacial score (nSPS) is 20.1. The van der Waals surface area contributed by atoms with E-state index in [4.69, 9.17) is 4.98 Å². The number of aromatic nitrogens is 2. The second-order valence-electron chi connectivity index (χ2n) is 6.36. The molecular weight excluding hydrogens is 262 g/mol. The summed E-state index contributed by atoms with van der Waals surface area (Å²) in [7, 11) is 2.18. The van der Waals surface area contributed by atoms with Crippen molar-refractivity contribution in [2.45, 2.75) is 46.1 Å². The second-order valence-corrected chi connectivity index (χ2v) is 6.36. The molecular formula is C16H29N5. The van der Waals surface area contributed by atoms with Crippen LogP contribution in [0, 0.1) is 0 Å². The van der Waals surface area contributed by atoms with Gasteiger partial charge in [-0.15, -0.1) is 0 Å². The van der Waals surface area contributed by atoms with Crippen molar-refractivity contribution in [3.63, 3.8) is 0 Å². The molecule has 1 fully saturated rings. The molecule has 5 heteroatoms. The first-order valence-electron chi connectivity index (χ1n) is 8.09. The number of likely N-dealkylation sites (N-methyl/N-ethyl adjacent to an activating group) is 1. The van der Waals surface area contributed by atoms with Gasteiger partial charge in [0.1, 0.15) is 17.5 Å². The van der Waals surface area contributed by atoms with Crippen molar-refractivity contribution in [1.82, 2.24) is 14.9 Å². The van der Waals surface area contributed by atoms with Gasteiger partial charge in [0.15, 0.2) is 0 Å². The summed E-state index contributed by atoms with van der Waals surface area (Å²) in [4.78, 5) is 14.2. The molecule has 118 valence electrons. The van der Waals surface area contributed by atoms with Gasteiger partial charge in [0, 0.05) is 44.2 Å². The van der Waals surface area contributed by atoms with Crippen LogP contribution in [0.3, 0.4) is 0 Å². The predicted molar refractivity (Wildman–Crippen MR) is 89.2 cm³/mol. The molecule has 1 atom stereocenters. The fraction of sp³-hybridized carbons (Fsp3) is 0.750. The van der Waals surface area contributed by atoms with Crippen molar-refractivity contribution >= 4 is 11.6 Å². The van der Waals surface area contributed by atoms with Crippen LogP contribution in [0.25, 0.3) is 0 Å². The molecule has 2 heterocycles. The maximum atomic E-state index is 4.80. The summed E-state index contributed by atoms with van der Waals surface area (Å²) in [6.45, 7) is 12.9. The summed E-state index contributed by atoms with van der Waals surface area (Å²) < 4.78 is 0. The van der Waals surface area contributed by atoms with Gasteiger partial charge in [0.25, 0.3) is 0 Å². The van der Waals surface area contributed by atoms with E-state index in [0.29, 0.717) is 12.0 Å². The summed E-state index contributed by atoms with van der Waals surface area (Å²) in [6.07, 6.45) is 1.10. The smallest absolute Gasteiger partial charge is 0.135 e. The molecule has 1 aliphatic heterocycles. The average Bonchev–Trinajstić information content (AvgIpc) is 2.44. The predicted octanol–water partition coefficient (Wildman–Crippen LogP) is 2.56. The summed E-state index contributed by atoms with van der Waals surface area (Å²) in [5.74, 6) is 3.29. The number of hydrogen-bond acceptors (Lipinski definition) is 5. The van der Waals surface area contributed by atoms with Crippen LogP contribution in [0.15, 0.2) is 6.07 Å². The third kappa shape index (κ3) is 4.06. The third-order valence-corrected chi connectivity index (χ3v) is 3.93. The number of piperazine rings is 1. The molecule has 5 nitrogen and oxygen atoms in total. The molecule has 1 saturated heterocycles. The minimum absolute atomic E-state index is 0.342. The molecule has 1 aromatic heterocycles. The number of rotatable bonds is 5. The quantitative estimate of drug-likeness (QED) is 0.903. The molecule has 0 radical (unpaired) electrons. The van der Waals surface area contributed by atoms with E-state index in [1.54, 1.807) is 0 Å². The lowest BCUT2D eigenvalue weighted by Gasteiger charge is -2.39. The summed E-state index contributed by atoms with van der Waals surface area (Å²) in [5, 5.41) is 3.40. The third-order valence-electron chi connectivity index (χ3n) is 3.93. The molecule has 21 heavy (non-hydrogen) atoms. The van der Waals surface area contributed by atoms with Gasteiger partial charge < -0.3 is 15.1 Å². The fourth-order valence-electron chi connectivity index (χ4n) is 2.68. The molecule has 0 bridgehead atoms. The number of hydrogen-bond donors (Lipinski definition) is 1. The first kappa shape index (κ1) is 16.0. The van der Waals surface area contributed by atoms with E-state index in [0.717, 1.165) is 50.1 Å². The van der Waals surface area contributed by atoms with Gasteiger partial charge in [0.05, 0.1) is 0 Å². The zero-order chi connectivity index (χ0) is 15.4. The summed E-state index contributed by atoms with van der Waals surface area (Å²) in [5.41, 5.74) is 0. The van der Waals surface area contributed by atoms with E-state index in [1.807, 2.05) is 0 Å². The van der Waals surface area contributed by atoms with Crippen LogP contribution in [0.4, 0.5) is 11.6 Å². The fourth-order valence-corrected chi connectivity index (χ4v) is 2.68. The zero-order valence-corrected chi connectivity index (χ0v) is 14.1.